The number of hydrogen-bond donors (Lipinski definition) is 1. The summed E-state index contributed by atoms with van der Waals surface area (Å²) in [5.74, 6) is 1.03. The largest absolute Gasteiger partial charge is 0.497 e. The Morgan fingerprint density at radius 1 is 0.971 bits per heavy atom. The molecule has 8 heteroatoms. The van der Waals surface area contributed by atoms with Gasteiger partial charge in [0.1, 0.15) is 23.4 Å². The molecular formula is C26H23FN4O2S. The molecule has 5 rings (SSSR count). The number of benzene rings is 2. The number of halogens is 1. The van der Waals surface area contributed by atoms with Crippen LogP contribution in [0.2, 0.25) is 0 Å². The summed E-state index contributed by atoms with van der Waals surface area (Å²) in [5, 5.41) is 3.97. The van der Waals surface area contributed by atoms with E-state index in [1.807, 2.05) is 70.3 Å². The first-order valence-electron chi connectivity index (χ1n) is 10.8. The quantitative estimate of drug-likeness (QED) is 0.388. The van der Waals surface area contributed by atoms with Gasteiger partial charge in [0.15, 0.2) is 5.11 Å². The SMILES string of the molecule is COc1ccc(OC)c(N2C(=S)N[C@@H](c3ccccn3)[C@@H]2c2cccn2-c2cccc(F)c2)c1. The summed E-state index contributed by atoms with van der Waals surface area (Å²) in [6, 6.07) is 21.3. The van der Waals surface area contributed by atoms with Gasteiger partial charge in [-0.3, -0.25) is 4.98 Å². The van der Waals surface area contributed by atoms with Crippen LogP contribution in [-0.4, -0.2) is 28.9 Å². The van der Waals surface area contributed by atoms with Crippen LogP contribution < -0.4 is 19.7 Å². The highest BCUT2D eigenvalue weighted by Gasteiger charge is 2.43. The summed E-state index contributed by atoms with van der Waals surface area (Å²) >= 11 is 5.84. The predicted molar refractivity (Wildman–Crippen MR) is 133 cm³/mol. The van der Waals surface area contributed by atoms with Crippen molar-refractivity contribution in [3.63, 3.8) is 0 Å². The van der Waals surface area contributed by atoms with Gasteiger partial charge in [-0.05, 0) is 66.8 Å². The van der Waals surface area contributed by atoms with Gasteiger partial charge in [0, 0.05) is 29.8 Å². The summed E-state index contributed by atoms with van der Waals surface area (Å²) in [5.41, 5.74) is 3.23. The number of aromatic nitrogens is 2. The summed E-state index contributed by atoms with van der Waals surface area (Å²) < 4.78 is 27.2. The molecule has 0 unspecified atom stereocenters. The molecule has 0 saturated carbocycles. The molecular weight excluding hydrogens is 451 g/mol. The van der Waals surface area contributed by atoms with Crippen LogP contribution in [0.1, 0.15) is 23.5 Å². The van der Waals surface area contributed by atoms with E-state index in [4.69, 9.17) is 21.7 Å². The number of anilines is 1. The predicted octanol–water partition coefficient (Wildman–Crippen LogP) is 5.21. The van der Waals surface area contributed by atoms with E-state index in [9.17, 15) is 4.39 Å². The average Bonchev–Trinajstić information content (AvgIpc) is 3.48. The lowest BCUT2D eigenvalue weighted by Gasteiger charge is -2.30. The molecule has 1 N–H and O–H groups in total. The van der Waals surface area contributed by atoms with Crippen molar-refractivity contribution in [2.45, 2.75) is 12.1 Å². The molecule has 0 aliphatic carbocycles. The molecule has 34 heavy (non-hydrogen) atoms. The molecule has 0 bridgehead atoms. The topological polar surface area (TPSA) is 51.6 Å². The molecule has 1 aliphatic rings. The van der Waals surface area contributed by atoms with Crippen molar-refractivity contribution in [1.82, 2.24) is 14.9 Å². The van der Waals surface area contributed by atoms with Crippen molar-refractivity contribution < 1.29 is 13.9 Å². The van der Waals surface area contributed by atoms with Crippen LogP contribution in [0, 0.1) is 5.82 Å². The zero-order valence-electron chi connectivity index (χ0n) is 18.7. The number of hydrogen-bond acceptors (Lipinski definition) is 4. The minimum atomic E-state index is -0.304. The molecule has 6 nitrogen and oxygen atoms in total. The van der Waals surface area contributed by atoms with Crippen LogP contribution in [0.15, 0.2) is 85.2 Å². The third-order valence-corrected chi connectivity index (χ3v) is 6.23. The van der Waals surface area contributed by atoms with Crippen molar-refractivity contribution in [2.75, 3.05) is 19.1 Å². The zero-order chi connectivity index (χ0) is 23.7. The smallest absolute Gasteiger partial charge is 0.174 e. The van der Waals surface area contributed by atoms with Crippen LogP contribution in [0.5, 0.6) is 11.5 Å². The summed E-state index contributed by atoms with van der Waals surface area (Å²) in [4.78, 5) is 6.62. The van der Waals surface area contributed by atoms with Crippen molar-refractivity contribution in [3.8, 4) is 17.2 Å². The molecule has 1 aliphatic heterocycles. The highest BCUT2D eigenvalue weighted by Crippen LogP contribution is 2.46. The lowest BCUT2D eigenvalue weighted by atomic mass is 10.0. The van der Waals surface area contributed by atoms with Gasteiger partial charge >= 0.3 is 0 Å². The number of nitrogens with one attached hydrogen (secondary N) is 1. The molecule has 0 radical (unpaired) electrons. The van der Waals surface area contributed by atoms with E-state index in [1.165, 1.54) is 12.1 Å². The van der Waals surface area contributed by atoms with E-state index in [-0.39, 0.29) is 17.9 Å². The molecule has 172 valence electrons. The molecule has 0 amide bonds. The van der Waals surface area contributed by atoms with Crippen molar-refractivity contribution in [2.24, 2.45) is 0 Å². The second-order valence-electron chi connectivity index (χ2n) is 7.82. The Labute approximate surface area is 202 Å². The molecule has 2 atom stereocenters. The van der Waals surface area contributed by atoms with Gasteiger partial charge in [0.25, 0.3) is 0 Å². The second-order valence-corrected chi connectivity index (χ2v) is 8.20. The number of thiocarbonyl (C=S) groups is 1. The Morgan fingerprint density at radius 3 is 2.59 bits per heavy atom. The first kappa shape index (κ1) is 21.9. The average molecular weight is 475 g/mol. The lowest BCUT2D eigenvalue weighted by molar-refractivity contribution is 0.402. The Morgan fingerprint density at radius 2 is 1.85 bits per heavy atom. The van der Waals surface area contributed by atoms with Crippen molar-refractivity contribution in [3.05, 3.63) is 102 Å². The van der Waals surface area contributed by atoms with Crippen LogP contribution >= 0.6 is 12.2 Å². The van der Waals surface area contributed by atoms with E-state index < -0.39 is 0 Å². The minimum Gasteiger partial charge on any atom is -0.497 e. The fourth-order valence-electron chi connectivity index (χ4n) is 4.40. The minimum absolute atomic E-state index is 0.258. The van der Waals surface area contributed by atoms with Gasteiger partial charge in [-0.15, -0.1) is 0 Å². The second kappa shape index (κ2) is 9.15. The number of pyridine rings is 1. The van der Waals surface area contributed by atoms with E-state index in [2.05, 4.69) is 10.3 Å². The third-order valence-electron chi connectivity index (χ3n) is 5.91. The van der Waals surface area contributed by atoms with E-state index in [1.54, 1.807) is 26.5 Å². The highest BCUT2D eigenvalue weighted by molar-refractivity contribution is 7.80. The number of methoxy groups -OCH3 is 2. The fraction of sp³-hybridized carbons (Fsp3) is 0.154. The van der Waals surface area contributed by atoms with Gasteiger partial charge in [-0.25, -0.2) is 4.39 Å². The van der Waals surface area contributed by atoms with Gasteiger partial charge in [-0.1, -0.05) is 12.1 Å². The van der Waals surface area contributed by atoms with Crippen LogP contribution in [0.3, 0.4) is 0 Å². The molecule has 2 aromatic carbocycles. The third kappa shape index (κ3) is 3.86. The maximum atomic E-state index is 14.1. The monoisotopic (exact) mass is 474 g/mol. The number of ether oxygens (including phenoxy) is 2. The Kier molecular flexibility index (Phi) is 5.90. The summed E-state index contributed by atoms with van der Waals surface area (Å²) in [6.45, 7) is 0. The van der Waals surface area contributed by atoms with Gasteiger partial charge in [-0.2, -0.15) is 0 Å². The Balaban J connectivity index is 1.71. The maximum Gasteiger partial charge on any atom is 0.174 e. The van der Waals surface area contributed by atoms with E-state index >= 15 is 0 Å². The molecule has 1 fully saturated rings. The zero-order valence-corrected chi connectivity index (χ0v) is 19.5. The molecule has 4 aromatic rings. The molecule has 1 saturated heterocycles. The first-order chi connectivity index (χ1) is 16.6. The Hall–Kier alpha value is -3.91. The standard InChI is InChI=1S/C26H23FN4O2S/c1-32-19-11-12-23(33-2)22(16-19)31-25(24(29-26(31)34)20-9-3-4-13-28-20)21-10-6-14-30(21)18-8-5-7-17(27)15-18/h3-16,24-25H,1-2H3,(H,29,34)/t24-,25-/m0/s1. The lowest BCUT2D eigenvalue weighted by Crippen LogP contribution is -2.30. The van der Waals surface area contributed by atoms with E-state index in [0.717, 1.165) is 22.8 Å². The van der Waals surface area contributed by atoms with Gasteiger partial charge in [0.2, 0.25) is 0 Å². The highest BCUT2D eigenvalue weighted by atomic mass is 32.1. The van der Waals surface area contributed by atoms with Crippen LogP contribution in [-0.2, 0) is 0 Å². The first-order valence-corrected chi connectivity index (χ1v) is 11.2. The summed E-state index contributed by atoms with van der Waals surface area (Å²) in [7, 11) is 3.24. The van der Waals surface area contributed by atoms with Gasteiger partial charge in [0.05, 0.1) is 31.6 Å². The number of nitrogens with zero attached hydrogens (tertiary/aromatic N) is 3. The normalized spacial score (nSPS) is 17.5. The number of rotatable bonds is 6. The molecule has 0 spiro atoms. The molecule has 3 heterocycles. The van der Waals surface area contributed by atoms with E-state index in [0.29, 0.717) is 16.6 Å². The maximum absolute atomic E-state index is 14.1. The fourth-order valence-corrected chi connectivity index (χ4v) is 4.73. The van der Waals surface area contributed by atoms with Crippen molar-refractivity contribution in [1.29, 1.82) is 0 Å². The van der Waals surface area contributed by atoms with Crippen LogP contribution in [0.25, 0.3) is 5.69 Å². The van der Waals surface area contributed by atoms with Gasteiger partial charge < -0.3 is 24.3 Å². The summed E-state index contributed by atoms with van der Waals surface area (Å²) in [6.07, 6.45) is 3.68. The Bertz CT molecular complexity index is 1330. The van der Waals surface area contributed by atoms with Crippen molar-refractivity contribution >= 4 is 23.0 Å². The molecule has 2 aromatic heterocycles. The van der Waals surface area contributed by atoms with Crippen LogP contribution in [0.4, 0.5) is 10.1 Å².